The first kappa shape index (κ1) is 13.3. The third-order valence-corrected chi connectivity index (χ3v) is 2.88. The molecule has 100 valence electrons. The Hall–Kier alpha value is -2.14. The van der Waals surface area contributed by atoms with Crippen LogP contribution in [-0.4, -0.2) is 16.1 Å². The van der Waals surface area contributed by atoms with E-state index in [0.717, 1.165) is 5.69 Å². The standard InChI is InChI=1S/C14H16N2O3/c1-9-7-11(19-13(9)14(17)18)8-16-10(2)12-5-3-4-6-15-12/h3-7,10,16H,8H2,1-2H3,(H,17,18)/t10-/m0/s1. The molecule has 2 rings (SSSR count). The molecule has 5 nitrogen and oxygen atoms in total. The predicted octanol–water partition coefficient (Wildman–Crippen LogP) is 2.53. The van der Waals surface area contributed by atoms with Crippen molar-refractivity contribution in [3.8, 4) is 0 Å². The SMILES string of the molecule is Cc1cc(CN[C@@H](C)c2ccccn2)oc1C(=O)O. The number of hydrogen-bond acceptors (Lipinski definition) is 4. The van der Waals surface area contributed by atoms with Crippen LogP contribution in [-0.2, 0) is 6.54 Å². The number of nitrogens with zero attached hydrogens (tertiary/aromatic N) is 1. The van der Waals surface area contributed by atoms with E-state index in [-0.39, 0.29) is 11.8 Å². The second-order valence-corrected chi connectivity index (χ2v) is 4.39. The molecule has 2 heterocycles. The number of aryl methyl sites for hydroxylation is 1. The normalized spacial score (nSPS) is 12.3. The molecule has 0 aromatic carbocycles. The number of carbonyl (C=O) groups is 1. The highest BCUT2D eigenvalue weighted by molar-refractivity contribution is 5.86. The van der Waals surface area contributed by atoms with Crippen LogP contribution in [0, 0.1) is 6.92 Å². The molecule has 0 unspecified atom stereocenters. The molecule has 2 N–H and O–H groups in total. The number of furan rings is 1. The summed E-state index contributed by atoms with van der Waals surface area (Å²) in [5.41, 5.74) is 1.57. The number of hydrogen-bond donors (Lipinski definition) is 2. The minimum Gasteiger partial charge on any atom is -0.475 e. The second kappa shape index (κ2) is 5.67. The number of aromatic nitrogens is 1. The maximum Gasteiger partial charge on any atom is 0.372 e. The topological polar surface area (TPSA) is 75.4 Å². The van der Waals surface area contributed by atoms with Crippen molar-refractivity contribution in [2.45, 2.75) is 26.4 Å². The first-order valence-electron chi connectivity index (χ1n) is 6.05. The van der Waals surface area contributed by atoms with E-state index < -0.39 is 5.97 Å². The van der Waals surface area contributed by atoms with Crippen LogP contribution in [0.5, 0.6) is 0 Å². The molecule has 0 saturated carbocycles. The molecule has 0 saturated heterocycles. The summed E-state index contributed by atoms with van der Waals surface area (Å²) in [5.74, 6) is -0.429. The Balaban J connectivity index is 1.99. The Morgan fingerprint density at radius 1 is 1.53 bits per heavy atom. The largest absolute Gasteiger partial charge is 0.475 e. The molecule has 5 heteroatoms. The highest BCUT2D eigenvalue weighted by Gasteiger charge is 2.14. The predicted molar refractivity (Wildman–Crippen MR) is 69.9 cm³/mol. The van der Waals surface area contributed by atoms with Crippen LogP contribution in [0.1, 0.15) is 40.5 Å². The lowest BCUT2D eigenvalue weighted by atomic mass is 10.2. The van der Waals surface area contributed by atoms with Crippen molar-refractivity contribution in [1.82, 2.24) is 10.3 Å². The van der Waals surface area contributed by atoms with Crippen LogP contribution in [0.3, 0.4) is 0 Å². The summed E-state index contributed by atoms with van der Waals surface area (Å²) in [6.45, 7) is 4.18. The van der Waals surface area contributed by atoms with Crippen LogP contribution in [0.4, 0.5) is 0 Å². The number of carboxylic acid groups (broad SMARTS) is 1. The van der Waals surface area contributed by atoms with Gasteiger partial charge in [-0.05, 0) is 32.0 Å². The zero-order valence-corrected chi connectivity index (χ0v) is 10.9. The van der Waals surface area contributed by atoms with Gasteiger partial charge in [0.15, 0.2) is 0 Å². The van der Waals surface area contributed by atoms with Crippen LogP contribution in [0.15, 0.2) is 34.9 Å². The van der Waals surface area contributed by atoms with Gasteiger partial charge in [0.2, 0.25) is 5.76 Å². The average Bonchev–Trinajstić information content (AvgIpc) is 2.78. The number of pyridine rings is 1. The molecule has 0 bridgehead atoms. The summed E-state index contributed by atoms with van der Waals surface area (Å²) >= 11 is 0. The summed E-state index contributed by atoms with van der Waals surface area (Å²) in [7, 11) is 0. The summed E-state index contributed by atoms with van der Waals surface area (Å²) in [6, 6.07) is 7.54. The van der Waals surface area contributed by atoms with Crippen molar-refractivity contribution in [3.63, 3.8) is 0 Å². The molecule has 0 radical (unpaired) electrons. The highest BCUT2D eigenvalue weighted by Crippen LogP contribution is 2.16. The van der Waals surface area contributed by atoms with E-state index >= 15 is 0 Å². The van der Waals surface area contributed by atoms with Crippen LogP contribution >= 0.6 is 0 Å². The lowest BCUT2D eigenvalue weighted by molar-refractivity contribution is 0.0659. The van der Waals surface area contributed by atoms with E-state index in [1.165, 1.54) is 0 Å². The lowest BCUT2D eigenvalue weighted by Gasteiger charge is -2.11. The Morgan fingerprint density at radius 2 is 2.32 bits per heavy atom. The molecular weight excluding hydrogens is 244 g/mol. The van der Waals surface area contributed by atoms with Gasteiger partial charge in [-0.25, -0.2) is 4.79 Å². The molecule has 0 amide bonds. The van der Waals surface area contributed by atoms with E-state index in [9.17, 15) is 4.79 Å². The molecule has 0 aliphatic carbocycles. The van der Waals surface area contributed by atoms with Crippen molar-refractivity contribution >= 4 is 5.97 Å². The monoisotopic (exact) mass is 260 g/mol. The number of rotatable bonds is 5. The third kappa shape index (κ3) is 3.20. The lowest BCUT2D eigenvalue weighted by Crippen LogP contribution is -2.18. The summed E-state index contributed by atoms with van der Waals surface area (Å²) < 4.78 is 5.28. The maximum atomic E-state index is 10.9. The van der Waals surface area contributed by atoms with Crippen molar-refractivity contribution in [1.29, 1.82) is 0 Å². The van der Waals surface area contributed by atoms with Crippen molar-refractivity contribution in [3.05, 3.63) is 53.2 Å². The van der Waals surface area contributed by atoms with Gasteiger partial charge >= 0.3 is 5.97 Å². The Bertz CT molecular complexity index is 563. The van der Waals surface area contributed by atoms with Crippen molar-refractivity contribution in [2.24, 2.45) is 0 Å². The molecule has 0 fully saturated rings. The fourth-order valence-corrected chi connectivity index (χ4v) is 1.84. The maximum absolute atomic E-state index is 10.9. The molecular formula is C14H16N2O3. The minimum absolute atomic E-state index is 0.00212. The Labute approximate surface area is 111 Å². The molecule has 1 atom stereocenters. The van der Waals surface area contributed by atoms with Gasteiger partial charge < -0.3 is 14.8 Å². The van der Waals surface area contributed by atoms with Gasteiger partial charge in [0.25, 0.3) is 0 Å². The zero-order chi connectivity index (χ0) is 13.8. The van der Waals surface area contributed by atoms with Gasteiger partial charge in [0, 0.05) is 17.8 Å². The quantitative estimate of drug-likeness (QED) is 0.864. The van der Waals surface area contributed by atoms with Crippen LogP contribution < -0.4 is 5.32 Å². The van der Waals surface area contributed by atoms with Crippen LogP contribution in [0.25, 0.3) is 0 Å². The number of carboxylic acids is 1. The molecule has 0 spiro atoms. The Kier molecular flexibility index (Phi) is 3.97. The molecule has 0 aliphatic rings. The smallest absolute Gasteiger partial charge is 0.372 e. The van der Waals surface area contributed by atoms with Gasteiger partial charge in [-0.3, -0.25) is 4.98 Å². The summed E-state index contributed by atoms with van der Waals surface area (Å²) in [6.07, 6.45) is 1.74. The first-order chi connectivity index (χ1) is 9.08. The minimum atomic E-state index is -1.04. The van der Waals surface area contributed by atoms with Gasteiger partial charge in [-0.1, -0.05) is 6.07 Å². The highest BCUT2D eigenvalue weighted by atomic mass is 16.4. The fourth-order valence-electron chi connectivity index (χ4n) is 1.84. The number of aromatic carboxylic acids is 1. The molecule has 2 aromatic heterocycles. The fraction of sp³-hybridized carbons (Fsp3) is 0.286. The molecule has 0 aliphatic heterocycles. The third-order valence-electron chi connectivity index (χ3n) is 2.88. The van der Waals surface area contributed by atoms with E-state index in [0.29, 0.717) is 17.9 Å². The molecule has 2 aromatic rings. The van der Waals surface area contributed by atoms with Crippen LogP contribution in [0.2, 0.25) is 0 Å². The van der Waals surface area contributed by atoms with Gasteiger partial charge in [0.1, 0.15) is 5.76 Å². The first-order valence-corrected chi connectivity index (χ1v) is 6.05. The molecule has 19 heavy (non-hydrogen) atoms. The zero-order valence-electron chi connectivity index (χ0n) is 10.9. The van der Waals surface area contributed by atoms with Crippen molar-refractivity contribution < 1.29 is 14.3 Å². The van der Waals surface area contributed by atoms with E-state index in [1.807, 2.05) is 25.1 Å². The van der Waals surface area contributed by atoms with Crippen molar-refractivity contribution in [2.75, 3.05) is 0 Å². The van der Waals surface area contributed by atoms with Gasteiger partial charge in [-0.2, -0.15) is 0 Å². The van der Waals surface area contributed by atoms with E-state index in [4.69, 9.17) is 9.52 Å². The summed E-state index contributed by atoms with van der Waals surface area (Å²) in [5, 5.41) is 12.2. The van der Waals surface area contributed by atoms with E-state index in [2.05, 4.69) is 10.3 Å². The van der Waals surface area contributed by atoms with Gasteiger partial charge in [0.05, 0.1) is 12.2 Å². The van der Waals surface area contributed by atoms with E-state index in [1.54, 1.807) is 19.2 Å². The summed E-state index contributed by atoms with van der Waals surface area (Å²) in [4.78, 5) is 15.1. The van der Waals surface area contributed by atoms with Gasteiger partial charge in [-0.15, -0.1) is 0 Å². The average molecular weight is 260 g/mol. The number of nitrogens with one attached hydrogen (secondary N) is 1. The Morgan fingerprint density at radius 3 is 2.89 bits per heavy atom. The second-order valence-electron chi connectivity index (χ2n) is 4.39.